The number of ether oxygens (including phenoxy) is 2. The van der Waals surface area contributed by atoms with Gasteiger partial charge >= 0.3 is 0 Å². The van der Waals surface area contributed by atoms with Gasteiger partial charge < -0.3 is 14.4 Å². The Labute approximate surface area is 140 Å². The molecule has 24 heavy (non-hydrogen) atoms. The summed E-state index contributed by atoms with van der Waals surface area (Å²) in [6, 6.07) is 7.71. The Morgan fingerprint density at radius 3 is 2.71 bits per heavy atom. The average Bonchev–Trinajstić information content (AvgIpc) is 3.25. The van der Waals surface area contributed by atoms with E-state index in [1.165, 1.54) is 6.33 Å². The molecule has 0 radical (unpaired) electrons. The highest BCUT2D eigenvalue weighted by atomic mass is 16.5. The molecule has 1 fully saturated rings. The minimum atomic E-state index is 0.0768. The van der Waals surface area contributed by atoms with Crippen LogP contribution in [-0.2, 0) is 20.7 Å². The van der Waals surface area contributed by atoms with Crippen LogP contribution in [0.1, 0.15) is 12.0 Å². The second-order valence-electron chi connectivity index (χ2n) is 5.85. The first-order valence-electron chi connectivity index (χ1n) is 7.84. The minimum Gasteiger partial charge on any atom is -0.383 e. The molecular weight excluding hydrogens is 310 g/mol. The lowest BCUT2D eigenvalue weighted by Gasteiger charge is -2.24. The average molecular weight is 331 g/mol. The molecule has 8 nitrogen and oxygen atoms in total. The predicted molar refractivity (Wildman–Crippen MR) is 85.6 cm³/mol. The summed E-state index contributed by atoms with van der Waals surface area (Å²) in [7, 11) is 3.33. The van der Waals surface area contributed by atoms with Gasteiger partial charge in [0.25, 0.3) is 0 Å². The summed E-state index contributed by atoms with van der Waals surface area (Å²) in [5.74, 6) is 0.0896. The number of rotatable bonds is 6. The second kappa shape index (κ2) is 7.50. The van der Waals surface area contributed by atoms with Gasteiger partial charge in [-0.15, -0.1) is 5.10 Å². The van der Waals surface area contributed by atoms with Gasteiger partial charge in [0.15, 0.2) is 0 Å². The molecular formula is C16H21N5O3. The number of nitrogens with zero attached hydrogens (tertiary/aromatic N) is 5. The topological polar surface area (TPSA) is 82.4 Å². The highest BCUT2D eigenvalue weighted by molar-refractivity contribution is 5.79. The SMILES string of the molecule is COC[C@@H]1C[C@@H](OC)CN1C(=O)Cc1ccc(-n2cnnn2)cc1. The number of amides is 1. The van der Waals surface area contributed by atoms with Crippen LogP contribution in [-0.4, -0.2) is 70.5 Å². The first kappa shape index (κ1) is 16.5. The fourth-order valence-electron chi connectivity index (χ4n) is 3.02. The van der Waals surface area contributed by atoms with Crippen LogP contribution < -0.4 is 0 Å². The summed E-state index contributed by atoms with van der Waals surface area (Å²) in [6.07, 6.45) is 2.78. The Balaban J connectivity index is 1.65. The highest BCUT2D eigenvalue weighted by Crippen LogP contribution is 2.21. The van der Waals surface area contributed by atoms with Crippen molar-refractivity contribution in [2.45, 2.75) is 25.0 Å². The van der Waals surface area contributed by atoms with Gasteiger partial charge in [-0.1, -0.05) is 12.1 Å². The third-order valence-corrected chi connectivity index (χ3v) is 4.29. The molecule has 0 bridgehead atoms. The van der Waals surface area contributed by atoms with Crippen LogP contribution >= 0.6 is 0 Å². The summed E-state index contributed by atoms with van der Waals surface area (Å²) in [4.78, 5) is 14.5. The number of carbonyl (C=O) groups is 1. The fraction of sp³-hybridized carbons (Fsp3) is 0.500. The monoisotopic (exact) mass is 331 g/mol. The zero-order valence-corrected chi connectivity index (χ0v) is 13.8. The first-order chi connectivity index (χ1) is 11.7. The van der Waals surface area contributed by atoms with Crippen molar-refractivity contribution in [1.29, 1.82) is 0 Å². The molecule has 2 atom stereocenters. The maximum absolute atomic E-state index is 12.7. The van der Waals surface area contributed by atoms with E-state index in [4.69, 9.17) is 9.47 Å². The lowest BCUT2D eigenvalue weighted by Crippen LogP contribution is -2.39. The molecule has 3 rings (SSSR count). The quantitative estimate of drug-likeness (QED) is 0.765. The molecule has 0 unspecified atom stereocenters. The molecule has 1 amide bonds. The number of tetrazole rings is 1. The second-order valence-corrected chi connectivity index (χ2v) is 5.85. The standard InChI is InChI=1S/C16H21N5O3/c1-23-10-14-8-15(24-2)9-20(14)16(22)7-12-3-5-13(6-4-12)21-11-17-18-19-21/h3-6,11,14-15H,7-10H2,1-2H3/t14-,15+/m0/s1. The Kier molecular flexibility index (Phi) is 5.17. The zero-order chi connectivity index (χ0) is 16.9. The maximum atomic E-state index is 12.7. The summed E-state index contributed by atoms with van der Waals surface area (Å²) in [5, 5.41) is 11.1. The lowest BCUT2D eigenvalue weighted by molar-refractivity contribution is -0.132. The molecule has 0 saturated carbocycles. The number of hydrogen-bond acceptors (Lipinski definition) is 6. The van der Waals surface area contributed by atoms with Crippen molar-refractivity contribution in [3.05, 3.63) is 36.2 Å². The number of carbonyl (C=O) groups excluding carboxylic acids is 1. The normalized spacial score (nSPS) is 20.5. The zero-order valence-electron chi connectivity index (χ0n) is 13.8. The Morgan fingerprint density at radius 1 is 1.29 bits per heavy atom. The van der Waals surface area contributed by atoms with Gasteiger partial charge in [-0.3, -0.25) is 4.79 Å². The lowest BCUT2D eigenvalue weighted by atomic mass is 10.1. The predicted octanol–water partition coefficient (Wildman–Crippen LogP) is 0.467. The Hall–Kier alpha value is -2.32. The van der Waals surface area contributed by atoms with E-state index in [9.17, 15) is 4.79 Å². The number of methoxy groups -OCH3 is 2. The summed E-state index contributed by atoms with van der Waals surface area (Å²) in [6.45, 7) is 1.15. The molecule has 2 heterocycles. The third kappa shape index (κ3) is 3.60. The van der Waals surface area contributed by atoms with Crippen LogP contribution in [0.5, 0.6) is 0 Å². The van der Waals surface area contributed by atoms with Crippen molar-refractivity contribution in [1.82, 2.24) is 25.1 Å². The Bertz CT molecular complexity index is 659. The molecule has 0 aliphatic carbocycles. The van der Waals surface area contributed by atoms with Crippen LogP contribution in [0, 0.1) is 0 Å². The van der Waals surface area contributed by atoms with Gasteiger partial charge in [0.05, 0.1) is 30.9 Å². The summed E-state index contributed by atoms with van der Waals surface area (Å²) < 4.78 is 12.2. The van der Waals surface area contributed by atoms with Crippen molar-refractivity contribution in [3.8, 4) is 5.69 Å². The van der Waals surface area contributed by atoms with Gasteiger partial charge in [-0.2, -0.15) is 0 Å². The van der Waals surface area contributed by atoms with E-state index < -0.39 is 0 Å². The van der Waals surface area contributed by atoms with E-state index in [1.54, 1.807) is 18.9 Å². The Morgan fingerprint density at radius 2 is 2.08 bits per heavy atom. The van der Waals surface area contributed by atoms with Crippen molar-refractivity contribution in [2.75, 3.05) is 27.4 Å². The summed E-state index contributed by atoms with van der Waals surface area (Å²) in [5.41, 5.74) is 1.81. The van der Waals surface area contributed by atoms with Gasteiger partial charge in [0.1, 0.15) is 6.33 Å². The number of benzene rings is 1. The molecule has 1 aliphatic heterocycles. The molecule has 1 aromatic heterocycles. The number of likely N-dealkylation sites (tertiary alicyclic amines) is 1. The smallest absolute Gasteiger partial charge is 0.227 e. The van der Waals surface area contributed by atoms with Gasteiger partial charge in [0.2, 0.25) is 5.91 Å². The molecule has 0 spiro atoms. The van der Waals surface area contributed by atoms with Crippen LogP contribution in [0.25, 0.3) is 5.69 Å². The maximum Gasteiger partial charge on any atom is 0.227 e. The van der Waals surface area contributed by atoms with Gasteiger partial charge in [-0.05, 0) is 34.5 Å². The largest absolute Gasteiger partial charge is 0.383 e. The van der Waals surface area contributed by atoms with Crippen molar-refractivity contribution >= 4 is 5.91 Å². The van der Waals surface area contributed by atoms with E-state index in [2.05, 4.69) is 15.5 Å². The molecule has 8 heteroatoms. The van der Waals surface area contributed by atoms with E-state index in [-0.39, 0.29) is 18.1 Å². The number of aromatic nitrogens is 4. The molecule has 2 aromatic rings. The van der Waals surface area contributed by atoms with E-state index in [0.29, 0.717) is 19.6 Å². The third-order valence-electron chi connectivity index (χ3n) is 4.29. The first-order valence-corrected chi connectivity index (χ1v) is 7.84. The van der Waals surface area contributed by atoms with Gasteiger partial charge in [0, 0.05) is 20.8 Å². The highest BCUT2D eigenvalue weighted by Gasteiger charge is 2.35. The van der Waals surface area contributed by atoms with Crippen LogP contribution in [0.4, 0.5) is 0 Å². The molecule has 1 saturated heterocycles. The van der Waals surface area contributed by atoms with Gasteiger partial charge in [-0.25, -0.2) is 4.68 Å². The molecule has 128 valence electrons. The fourth-order valence-corrected chi connectivity index (χ4v) is 3.02. The molecule has 1 aromatic carbocycles. The van der Waals surface area contributed by atoms with Crippen molar-refractivity contribution < 1.29 is 14.3 Å². The van der Waals surface area contributed by atoms with Crippen LogP contribution in [0.2, 0.25) is 0 Å². The molecule has 1 aliphatic rings. The van der Waals surface area contributed by atoms with E-state index in [1.807, 2.05) is 29.2 Å². The van der Waals surface area contributed by atoms with E-state index in [0.717, 1.165) is 17.7 Å². The van der Waals surface area contributed by atoms with Crippen LogP contribution in [0.3, 0.4) is 0 Å². The van der Waals surface area contributed by atoms with Crippen molar-refractivity contribution in [3.63, 3.8) is 0 Å². The van der Waals surface area contributed by atoms with E-state index >= 15 is 0 Å². The molecule has 0 N–H and O–H groups in total. The van der Waals surface area contributed by atoms with Crippen molar-refractivity contribution in [2.24, 2.45) is 0 Å². The number of hydrogen-bond donors (Lipinski definition) is 0. The summed E-state index contributed by atoms with van der Waals surface area (Å²) >= 11 is 0. The minimum absolute atomic E-state index is 0.0768. The van der Waals surface area contributed by atoms with Crippen LogP contribution in [0.15, 0.2) is 30.6 Å².